The van der Waals surface area contributed by atoms with Crippen molar-refractivity contribution in [1.82, 2.24) is 20.2 Å². The molecule has 124 valence electrons. The number of amides is 1. The molecule has 0 radical (unpaired) electrons. The van der Waals surface area contributed by atoms with Crippen molar-refractivity contribution in [3.63, 3.8) is 0 Å². The molecular formula is C17H24N4O2. The van der Waals surface area contributed by atoms with Gasteiger partial charge in [0.1, 0.15) is 5.69 Å². The van der Waals surface area contributed by atoms with Crippen LogP contribution in [0.2, 0.25) is 0 Å². The van der Waals surface area contributed by atoms with Crippen molar-refractivity contribution in [3.8, 4) is 0 Å². The van der Waals surface area contributed by atoms with Gasteiger partial charge in [0.15, 0.2) is 0 Å². The average molecular weight is 316 g/mol. The number of aromatic nitrogens is 2. The highest BCUT2D eigenvalue weighted by molar-refractivity contribution is 5.91. The lowest BCUT2D eigenvalue weighted by atomic mass is 9.76. The predicted octanol–water partition coefficient (Wildman–Crippen LogP) is 1.24. The van der Waals surface area contributed by atoms with Crippen LogP contribution in [0.4, 0.5) is 0 Å². The van der Waals surface area contributed by atoms with Crippen molar-refractivity contribution in [2.24, 2.45) is 5.92 Å². The molecule has 23 heavy (non-hydrogen) atoms. The largest absolute Gasteiger partial charge is 0.372 e. The summed E-state index contributed by atoms with van der Waals surface area (Å²) in [6.45, 7) is 3.71. The van der Waals surface area contributed by atoms with Gasteiger partial charge in [0.2, 0.25) is 0 Å². The normalized spacial score (nSPS) is 26.7. The fraction of sp³-hybridized carbons (Fsp3) is 0.706. The fourth-order valence-electron chi connectivity index (χ4n) is 4.06. The van der Waals surface area contributed by atoms with E-state index in [9.17, 15) is 4.79 Å². The van der Waals surface area contributed by atoms with Gasteiger partial charge in [-0.25, -0.2) is 4.98 Å². The van der Waals surface area contributed by atoms with Gasteiger partial charge in [0.25, 0.3) is 5.91 Å². The van der Waals surface area contributed by atoms with Crippen LogP contribution < -0.4 is 5.32 Å². The van der Waals surface area contributed by atoms with Crippen LogP contribution in [0, 0.1) is 5.92 Å². The molecule has 1 spiro atoms. The second-order valence-electron chi connectivity index (χ2n) is 7.02. The number of nitrogens with one attached hydrogen (secondary N) is 1. The van der Waals surface area contributed by atoms with Crippen molar-refractivity contribution in [2.45, 2.75) is 43.7 Å². The van der Waals surface area contributed by atoms with Gasteiger partial charge in [-0.1, -0.05) is 6.42 Å². The number of carbonyl (C=O) groups excluding carboxylic acids is 1. The number of ether oxygens (including phenoxy) is 1. The Bertz CT molecular complexity index is 555. The van der Waals surface area contributed by atoms with Gasteiger partial charge < -0.3 is 10.1 Å². The lowest BCUT2D eigenvalue weighted by Gasteiger charge is -2.55. The quantitative estimate of drug-likeness (QED) is 0.885. The summed E-state index contributed by atoms with van der Waals surface area (Å²) in [7, 11) is 0. The maximum Gasteiger partial charge on any atom is 0.271 e. The third-order valence-electron chi connectivity index (χ3n) is 5.71. The maximum atomic E-state index is 12.0. The molecule has 0 unspecified atom stereocenters. The van der Waals surface area contributed by atoms with Crippen molar-refractivity contribution >= 4 is 5.91 Å². The number of likely N-dealkylation sites (tertiary alicyclic amines) is 1. The minimum Gasteiger partial charge on any atom is -0.372 e. The number of carbonyl (C=O) groups is 1. The highest BCUT2D eigenvalue weighted by Gasteiger charge is 2.54. The van der Waals surface area contributed by atoms with Crippen molar-refractivity contribution in [1.29, 1.82) is 0 Å². The topological polar surface area (TPSA) is 67.3 Å². The molecule has 3 heterocycles. The zero-order chi connectivity index (χ0) is 15.7. The summed E-state index contributed by atoms with van der Waals surface area (Å²) in [5.74, 6) is 0.414. The Labute approximate surface area is 136 Å². The highest BCUT2D eigenvalue weighted by atomic mass is 16.5. The molecule has 4 rings (SSSR count). The Balaban J connectivity index is 1.25. The smallest absolute Gasteiger partial charge is 0.271 e. The minimum absolute atomic E-state index is 0.0624. The first-order chi connectivity index (χ1) is 11.3. The summed E-state index contributed by atoms with van der Waals surface area (Å²) in [5, 5.41) is 2.96. The Morgan fingerprint density at radius 2 is 2.22 bits per heavy atom. The number of nitrogens with zero attached hydrogens (tertiary/aromatic N) is 3. The number of rotatable bonds is 5. The standard InChI is InChI=1S/C17H24N4O2/c22-16(15-10-18-7-8-19-15)20-6-4-13-5-9-23-17(13)11-21(12-17)14-2-1-3-14/h7-8,10,13-14H,1-6,9,11-12H2,(H,20,22)/t13-/m0/s1. The van der Waals surface area contributed by atoms with E-state index in [1.165, 1.54) is 31.7 Å². The summed E-state index contributed by atoms with van der Waals surface area (Å²) in [6, 6.07) is 0.807. The first kappa shape index (κ1) is 15.0. The monoisotopic (exact) mass is 316 g/mol. The second kappa shape index (κ2) is 6.17. The van der Waals surface area contributed by atoms with Crippen LogP contribution in [0.25, 0.3) is 0 Å². The molecular weight excluding hydrogens is 292 g/mol. The van der Waals surface area contributed by atoms with E-state index < -0.39 is 0 Å². The molecule has 1 aromatic heterocycles. The summed E-state index contributed by atoms with van der Waals surface area (Å²) < 4.78 is 6.10. The van der Waals surface area contributed by atoms with Gasteiger partial charge in [0, 0.05) is 44.7 Å². The molecule has 2 saturated heterocycles. The van der Waals surface area contributed by atoms with Crippen molar-refractivity contribution in [3.05, 3.63) is 24.3 Å². The molecule has 0 bridgehead atoms. The third kappa shape index (κ3) is 2.85. The molecule has 1 saturated carbocycles. The van der Waals surface area contributed by atoms with Gasteiger partial charge in [-0.05, 0) is 31.6 Å². The van der Waals surface area contributed by atoms with Crippen LogP contribution in [-0.2, 0) is 4.74 Å². The van der Waals surface area contributed by atoms with Gasteiger partial charge >= 0.3 is 0 Å². The zero-order valence-electron chi connectivity index (χ0n) is 13.4. The van der Waals surface area contributed by atoms with E-state index in [1.54, 1.807) is 6.20 Å². The summed E-state index contributed by atoms with van der Waals surface area (Å²) in [6.07, 6.45) is 10.8. The molecule has 3 aliphatic rings. The van der Waals surface area contributed by atoms with E-state index in [0.29, 0.717) is 18.2 Å². The van der Waals surface area contributed by atoms with Crippen LogP contribution in [0.1, 0.15) is 42.6 Å². The van der Waals surface area contributed by atoms with Gasteiger partial charge in [0.05, 0.1) is 11.8 Å². The van der Waals surface area contributed by atoms with E-state index in [4.69, 9.17) is 4.74 Å². The maximum absolute atomic E-state index is 12.0. The molecule has 1 aromatic rings. The van der Waals surface area contributed by atoms with Crippen LogP contribution in [0.3, 0.4) is 0 Å². The lowest BCUT2D eigenvalue weighted by molar-refractivity contribution is -0.156. The molecule has 1 aliphatic carbocycles. The number of hydrogen-bond acceptors (Lipinski definition) is 5. The van der Waals surface area contributed by atoms with E-state index >= 15 is 0 Å². The summed E-state index contributed by atoms with van der Waals surface area (Å²) in [4.78, 5) is 22.5. The Hall–Kier alpha value is -1.53. The SMILES string of the molecule is O=C(NCC[C@H]1CCOC12CN(C1CCC1)C2)c1cnccn1. The Morgan fingerprint density at radius 1 is 1.35 bits per heavy atom. The van der Waals surface area contributed by atoms with Gasteiger partial charge in [-0.15, -0.1) is 0 Å². The van der Waals surface area contributed by atoms with E-state index in [2.05, 4.69) is 20.2 Å². The highest BCUT2D eigenvalue weighted by Crippen LogP contribution is 2.44. The minimum atomic E-state index is -0.143. The third-order valence-corrected chi connectivity index (χ3v) is 5.71. The average Bonchev–Trinajstić information content (AvgIpc) is 2.90. The lowest BCUT2D eigenvalue weighted by Crippen LogP contribution is -2.68. The van der Waals surface area contributed by atoms with E-state index in [1.807, 2.05) is 0 Å². The first-order valence-corrected chi connectivity index (χ1v) is 8.69. The van der Waals surface area contributed by atoms with E-state index in [0.717, 1.165) is 38.6 Å². The molecule has 1 atom stereocenters. The summed E-state index contributed by atoms with van der Waals surface area (Å²) >= 11 is 0. The molecule has 6 nitrogen and oxygen atoms in total. The molecule has 0 aromatic carbocycles. The van der Waals surface area contributed by atoms with E-state index in [-0.39, 0.29) is 11.5 Å². The predicted molar refractivity (Wildman–Crippen MR) is 85.0 cm³/mol. The van der Waals surface area contributed by atoms with Crippen LogP contribution in [0.5, 0.6) is 0 Å². The van der Waals surface area contributed by atoms with Crippen LogP contribution >= 0.6 is 0 Å². The van der Waals surface area contributed by atoms with Gasteiger partial charge in [-0.3, -0.25) is 14.7 Å². The summed E-state index contributed by atoms with van der Waals surface area (Å²) in [5.41, 5.74) is 0.442. The molecule has 6 heteroatoms. The fourth-order valence-corrected chi connectivity index (χ4v) is 4.06. The molecule has 1 amide bonds. The molecule has 3 fully saturated rings. The molecule has 1 N–H and O–H groups in total. The molecule has 2 aliphatic heterocycles. The van der Waals surface area contributed by atoms with Crippen LogP contribution in [-0.4, -0.2) is 58.7 Å². The van der Waals surface area contributed by atoms with Crippen molar-refractivity contribution in [2.75, 3.05) is 26.2 Å². The van der Waals surface area contributed by atoms with Crippen LogP contribution in [0.15, 0.2) is 18.6 Å². The number of hydrogen-bond donors (Lipinski definition) is 1. The Morgan fingerprint density at radius 3 is 2.91 bits per heavy atom. The first-order valence-electron chi connectivity index (χ1n) is 8.69. The second-order valence-corrected chi connectivity index (χ2v) is 7.02. The van der Waals surface area contributed by atoms with Gasteiger partial charge in [-0.2, -0.15) is 0 Å². The van der Waals surface area contributed by atoms with Crippen molar-refractivity contribution < 1.29 is 9.53 Å². The zero-order valence-corrected chi connectivity index (χ0v) is 13.4. The Kier molecular flexibility index (Phi) is 4.03.